The minimum atomic E-state index is 0. The van der Waals surface area contributed by atoms with Gasteiger partial charge in [-0.15, -0.1) is 12.4 Å². The number of nitrogens with zero attached hydrogens (tertiary/aromatic N) is 1. The number of amides is 1. The summed E-state index contributed by atoms with van der Waals surface area (Å²) in [5, 5.41) is 3.44. The smallest absolute Gasteiger partial charge is 0.253 e. The molecule has 0 atom stereocenters. The molecule has 122 valence electrons. The van der Waals surface area contributed by atoms with E-state index < -0.39 is 0 Å². The van der Waals surface area contributed by atoms with Crippen molar-refractivity contribution in [3.05, 3.63) is 33.8 Å². The fraction of sp³-hybridized carbons (Fsp3) is 0.588. The molecular weight excluding hydrogens is 364 g/mol. The van der Waals surface area contributed by atoms with E-state index in [1.54, 1.807) is 0 Å². The van der Waals surface area contributed by atoms with Crippen molar-refractivity contribution in [3.63, 3.8) is 0 Å². The van der Waals surface area contributed by atoms with Gasteiger partial charge in [-0.05, 0) is 68.8 Å². The number of aryl methyl sites for hydroxylation is 1. The van der Waals surface area contributed by atoms with Gasteiger partial charge in [0, 0.05) is 23.1 Å². The Morgan fingerprint density at radius 3 is 2.41 bits per heavy atom. The van der Waals surface area contributed by atoms with Gasteiger partial charge in [0.1, 0.15) is 0 Å². The van der Waals surface area contributed by atoms with Gasteiger partial charge < -0.3 is 10.2 Å². The summed E-state index contributed by atoms with van der Waals surface area (Å²) in [6, 6.07) is 5.90. The first kappa shape index (κ1) is 17.8. The van der Waals surface area contributed by atoms with E-state index in [-0.39, 0.29) is 18.3 Å². The molecule has 2 saturated heterocycles. The molecule has 0 radical (unpaired) electrons. The highest BCUT2D eigenvalue weighted by Gasteiger charge is 2.36. The summed E-state index contributed by atoms with van der Waals surface area (Å²) < 4.78 is 1.01. The van der Waals surface area contributed by atoms with Gasteiger partial charge in [-0.25, -0.2) is 0 Å². The first-order valence-corrected chi connectivity index (χ1v) is 8.65. The van der Waals surface area contributed by atoms with E-state index in [1.807, 2.05) is 30.0 Å². The first-order valence-electron chi connectivity index (χ1n) is 7.86. The molecule has 0 aromatic heterocycles. The molecule has 1 N–H and O–H groups in total. The summed E-state index contributed by atoms with van der Waals surface area (Å²) >= 11 is 3.52. The Morgan fingerprint density at radius 2 is 1.82 bits per heavy atom. The molecule has 5 heteroatoms. The number of nitrogens with one attached hydrogen (secondary N) is 1. The quantitative estimate of drug-likeness (QED) is 0.795. The summed E-state index contributed by atoms with van der Waals surface area (Å²) in [5.41, 5.74) is 2.46. The highest BCUT2D eigenvalue weighted by molar-refractivity contribution is 9.10. The van der Waals surface area contributed by atoms with Gasteiger partial charge >= 0.3 is 0 Å². The summed E-state index contributed by atoms with van der Waals surface area (Å²) in [6.45, 7) is 6.13. The van der Waals surface area contributed by atoms with Crippen molar-refractivity contribution >= 4 is 34.2 Å². The van der Waals surface area contributed by atoms with Crippen LogP contribution >= 0.6 is 28.3 Å². The van der Waals surface area contributed by atoms with E-state index in [2.05, 4.69) is 21.2 Å². The molecule has 22 heavy (non-hydrogen) atoms. The number of benzene rings is 1. The average Bonchev–Trinajstić information content (AvgIpc) is 2.51. The van der Waals surface area contributed by atoms with Gasteiger partial charge in [-0.3, -0.25) is 4.79 Å². The lowest BCUT2D eigenvalue weighted by Gasteiger charge is -2.44. The number of carbonyl (C=O) groups is 1. The maximum Gasteiger partial charge on any atom is 0.253 e. The average molecular weight is 388 g/mol. The lowest BCUT2D eigenvalue weighted by Crippen LogP contribution is -2.47. The zero-order chi connectivity index (χ0) is 14.9. The van der Waals surface area contributed by atoms with Crippen LogP contribution < -0.4 is 5.32 Å². The molecular formula is C17H24BrClN2O. The molecule has 2 heterocycles. The zero-order valence-corrected chi connectivity index (χ0v) is 15.4. The highest BCUT2D eigenvalue weighted by atomic mass is 79.9. The topological polar surface area (TPSA) is 32.3 Å². The molecule has 1 spiro atoms. The highest BCUT2D eigenvalue weighted by Crippen LogP contribution is 2.39. The van der Waals surface area contributed by atoms with E-state index in [1.165, 1.54) is 18.4 Å². The van der Waals surface area contributed by atoms with Crippen LogP contribution in [-0.4, -0.2) is 37.0 Å². The van der Waals surface area contributed by atoms with Crippen molar-refractivity contribution < 1.29 is 4.79 Å². The van der Waals surface area contributed by atoms with Crippen LogP contribution in [-0.2, 0) is 0 Å². The predicted molar refractivity (Wildman–Crippen MR) is 95.8 cm³/mol. The van der Waals surface area contributed by atoms with E-state index >= 15 is 0 Å². The Labute approximate surface area is 147 Å². The summed E-state index contributed by atoms with van der Waals surface area (Å²) in [5.74, 6) is 0.180. The molecule has 2 fully saturated rings. The molecule has 3 rings (SSSR count). The first-order chi connectivity index (χ1) is 10.1. The standard InChI is InChI=1S/C17H23BrN2O.ClH/c1-13-2-3-14(12-15(13)18)16(21)20-10-6-17(7-11-20)4-8-19-9-5-17;/h2-3,12,19H,4-11H2,1H3;1H. The van der Waals surface area contributed by atoms with Crippen LogP contribution in [0, 0.1) is 12.3 Å². The third kappa shape index (κ3) is 3.66. The van der Waals surface area contributed by atoms with Crippen LogP contribution in [0.2, 0.25) is 0 Å². The van der Waals surface area contributed by atoms with Gasteiger partial charge in [-0.1, -0.05) is 22.0 Å². The summed E-state index contributed by atoms with van der Waals surface area (Å²) in [4.78, 5) is 14.7. The van der Waals surface area contributed by atoms with Gasteiger partial charge in [0.15, 0.2) is 0 Å². The Bertz CT molecular complexity index is 533. The largest absolute Gasteiger partial charge is 0.339 e. The Morgan fingerprint density at radius 1 is 1.18 bits per heavy atom. The van der Waals surface area contributed by atoms with Crippen LogP contribution in [0.1, 0.15) is 41.6 Å². The number of piperidine rings is 2. The number of carbonyl (C=O) groups excluding carboxylic acids is 1. The molecule has 0 saturated carbocycles. The molecule has 3 nitrogen and oxygen atoms in total. The fourth-order valence-corrected chi connectivity index (χ4v) is 3.93. The van der Waals surface area contributed by atoms with Gasteiger partial charge in [-0.2, -0.15) is 0 Å². The minimum absolute atomic E-state index is 0. The SMILES string of the molecule is Cc1ccc(C(=O)N2CCC3(CCNCC3)CC2)cc1Br.Cl. The van der Waals surface area contributed by atoms with Crippen molar-refractivity contribution in [2.45, 2.75) is 32.6 Å². The monoisotopic (exact) mass is 386 g/mol. The van der Waals surface area contributed by atoms with Gasteiger partial charge in [0.25, 0.3) is 5.91 Å². The maximum absolute atomic E-state index is 12.6. The number of halogens is 2. The minimum Gasteiger partial charge on any atom is -0.339 e. The third-order valence-corrected chi connectivity index (χ3v) is 6.05. The van der Waals surface area contributed by atoms with Crippen molar-refractivity contribution in [2.24, 2.45) is 5.41 Å². The van der Waals surface area contributed by atoms with Crippen molar-refractivity contribution in [2.75, 3.05) is 26.2 Å². The van der Waals surface area contributed by atoms with Crippen LogP contribution in [0.15, 0.2) is 22.7 Å². The number of hydrogen-bond acceptors (Lipinski definition) is 2. The normalized spacial score (nSPS) is 20.5. The molecule has 0 aliphatic carbocycles. The molecule has 0 unspecified atom stereocenters. The lowest BCUT2D eigenvalue weighted by molar-refractivity contribution is 0.0495. The second kappa shape index (κ2) is 7.33. The van der Waals surface area contributed by atoms with Crippen LogP contribution in [0.5, 0.6) is 0 Å². The van der Waals surface area contributed by atoms with Gasteiger partial charge in [0.2, 0.25) is 0 Å². The van der Waals surface area contributed by atoms with Gasteiger partial charge in [0.05, 0.1) is 0 Å². The predicted octanol–water partition coefficient (Wildman–Crippen LogP) is 3.79. The van der Waals surface area contributed by atoms with E-state index in [0.29, 0.717) is 5.41 Å². The number of likely N-dealkylation sites (tertiary alicyclic amines) is 1. The Kier molecular flexibility index (Phi) is 5.92. The molecule has 1 aromatic rings. The second-order valence-electron chi connectivity index (χ2n) is 6.51. The molecule has 1 amide bonds. The lowest BCUT2D eigenvalue weighted by atomic mass is 9.71. The Balaban J connectivity index is 0.00000176. The van der Waals surface area contributed by atoms with E-state index in [4.69, 9.17) is 0 Å². The zero-order valence-electron chi connectivity index (χ0n) is 13.0. The molecule has 1 aromatic carbocycles. The van der Waals surface area contributed by atoms with Crippen LogP contribution in [0.25, 0.3) is 0 Å². The van der Waals surface area contributed by atoms with Crippen molar-refractivity contribution in [3.8, 4) is 0 Å². The molecule has 2 aliphatic rings. The second-order valence-corrected chi connectivity index (χ2v) is 7.36. The molecule has 0 bridgehead atoms. The summed E-state index contributed by atoms with van der Waals surface area (Å²) in [7, 11) is 0. The van der Waals surface area contributed by atoms with Crippen molar-refractivity contribution in [1.29, 1.82) is 0 Å². The maximum atomic E-state index is 12.6. The molecule has 2 aliphatic heterocycles. The van der Waals surface area contributed by atoms with Crippen molar-refractivity contribution in [1.82, 2.24) is 10.2 Å². The van der Waals surface area contributed by atoms with Crippen LogP contribution in [0.3, 0.4) is 0 Å². The van der Waals surface area contributed by atoms with Crippen LogP contribution in [0.4, 0.5) is 0 Å². The third-order valence-electron chi connectivity index (χ3n) is 5.19. The van der Waals surface area contributed by atoms with E-state index in [0.717, 1.165) is 49.1 Å². The number of hydrogen-bond donors (Lipinski definition) is 1. The Hall–Kier alpha value is -0.580. The fourth-order valence-electron chi connectivity index (χ4n) is 3.55. The van der Waals surface area contributed by atoms with E-state index in [9.17, 15) is 4.79 Å². The summed E-state index contributed by atoms with van der Waals surface area (Å²) in [6.07, 6.45) is 4.86. The number of rotatable bonds is 1.